The van der Waals surface area contributed by atoms with Crippen molar-refractivity contribution in [2.75, 3.05) is 13.1 Å². The lowest BCUT2D eigenvalue weighted by Crippen LogP contribution is -2.52. The van der Waals surface area contributed by atoms with Crippen molar-refractivity contribution in [1.82, 2.24) is 20.4 Å². The summed E-state index contributed by atoms with van der Waals surface area (Å²) in [5.41, 5.74) is 1.44. The first kappa shape index (κ1) is 19.1. The molecule has 3 rings (SSSR count). The van der Waals surface area contributed by atoms with Crippen LogP contribution in [0.4, 0.5) is 4.39 Å². The van der Waals surface area contributed by atoms with E-state index >= 15 is 0 Å². The van der Waals surface area contributed by atoms with Gasteiger partial charge in [-0.15, -0.1) is 0 Å². The number of carbonyl (C=O) groups is 2. The van der Waals surface area contributed by atoms with Gasteiger partial charge in [-0.3, -0.25) is 14.7 Å². The second kappa shape index (κ2) is 8.33. The van der Waals surface area contributed by atoms with Gasteiger partial charge in [-0.2, -0.15) is 5.10 Å². The van der Waals surface area contributed by atoms with Crippen molar-refractivity contribution in [2.45, 2.75) is 38.6 Å². The van der Waals surface area contributed by atoms with E-state index in [1.54, 1.807) is 6.20 Å². The molecule has 2 amide bonds. The number of hydrogen-bond acceptors (Lipinski definition) is 3. The molecule has 1 aromatic heterocycles. The molecule has 2 aromatic rings. The number of halogens is 1. The highest BCUT2D eigenvalue weighted by Crippen LogP contribution is 2.27. The number of aromatic nitrogens is 2. The van der Waals surface area contributed by atoms with Crippen LogP contribution in [0.1, 0.15) is 48.7 Å². The Kier molecular flexibility index (Phi) is 5.88. The standard InChI is InChI=1S/C20H25FN4O2/c1-13(2)18(23-19(26)15-3-5-16(21)6-4-15)20(27)25-11-8-14(9-12-25)17-7-10-22-24-17/h3-7,10,13-14,18H,8-9,11-12H2,1-2H3,(H,22,24)(H,23,26). The van der Waals surface area contributed by atoms with Gasteiger partial charge >= 0.3 is 0 Å². The van der Waals surface area contributed by atoms with E-state index in [2.05, 4.69) is 15.5 Å². The molecular formula is C20H25FN4O2. The van der Waals surface area contributed by atoms with Gasteiger partial charge in [0.15, 0.2) is 0 Å². The highest BCUT2D eigenvalue weighted by atomic mass is 19.1. The summed E-state index contributed by atoms with van der Waals surface area (Å²) in [6, 6.07) is 6.68. The van der Waals surface area contributed by atoms with Crippen LogP contribution >= 0.6 is 0 Å². The number of H-pyrrole nitrogens is 1. The van der Waals surface area contributed by atoms with E-state index in [-0.39, 0.29) is 17.7 Å². The van der Waals surface area contributed by atoms with E-state index in [0.29, 0.717) is 24.6 Å². The summed E-state index contributed by atoms with van der Waals surface area (Å²) in [4.78, 5) is 27.3. The quantitative estimate of drug-likeness (QED) is 0.847. The van der Waals surface area contributed by atoms with Gasteiger partial charge in [-0.1, -0.05) is 13.8 Å². The maximum Gasteiger partial charge on any atom is 0.251 e. The summed E-state index contributed by atoms with van der Waals surface area (Å²) in [6.45, 7) is 5.12. The van der Waals surface area contributed by atoms with Crippen LogP contribution in [0.5, 0.6) is 0 Å². The van der Waals surface area contributed by atoms with Crippen LogP contribution in [0.2, 0.25) is 0 Å². The molecule has 144 valence electrons. The zero-order valence-corrected chi connectivity index (χ0v) is 15.6. The minimum Gasteiger partial charge on any atom is -0.341 e. The van der Waals surface area contributed by atoms with Crippen molar-refractivity contribution in [2.24, 2.45) is 5.92 Å². The summed E-state index contributed by atoms with van der Waals surface area (Å²) >= 11 is 0. The van der Waals surface area contributed by atoms with Crippen LogP contribution in [0.3, 0.4) is 0 Å². The second-order valence-electron chi connectivity index (χ2n) is 7.31. The van der Waals surface area contributed by atoms with Crippen LogP contribution in [0.15, 0.2) is 36.5 Å². The summed E-state index contributed by atoms with van der Waals surface area (Å²) in [6.07, 6.45) is 3.47. The second-order valence-corrected chi connectivity index (χ2v) is 7.31. The highest BCUT2D eigenvalue weighted by Gasteiger charge is 2.32. The minimum absolute atomic E-state index is 0.0489. The Labute approximate surface area is 158 Å². The maximum atomic E-state index is 13.0. The van der Waals surface area contributed by atoms with Gasteiger partial charge in [-0.25, -0.2) is 4.39 Å². The molecule has 27 heavy (non-hydrogen) atoms. The third kappa shape index (κ3) is 4.53. The summed E-state index contributed by atoms with van der Waals surface area (Å²) in [5.74, 6) is -0.504. The molecule has 2 heterocycles. The van der Waals surface area contributed by atoms with Crippen LogP contribution in [0, 0.1) is 11.7 Å². The number of likely N-dealkylation sites (tertiary alicyclic amines) is 1. The molecule has 0 spiro atoms. The number of benzene rings is 1. The lowest BCUT2D eigenvalue weighted by Gasteiger charge is -2.35. The fourth-order valence-corrected chi connectivity index (χ4v) is 3.44. The normalized spacial score (nSPS) is 16.4. The number of carbonyl (C=O) groups excluding carboxylic acids is 2. The van der Waals surface area contributed by atoms with Gasteiger partial charge in [0.1, 0.15) is 11.9 Å². The Hall–Kier alpha value is -2.70. The van der Waals surface area contributed by atoms with Gasteiger partial charge in [0, 0.05) is 36.5 Å². The van der Waals surface area contributed by atoms with Gasteiger partial charge in [0.05, 0.1) is 0 Å². The fourth-order valence-electron chi connectivity index (χ4n) is 3.44. The molecule has 7 heteroatoms. The molecule has 6 nitrogen and oxygen atoms in total. The van der Waals surface area contributed by atoms with Crippen LogP contribution in [-0.4, -0.2) is 46.0 Å². The van der Waals surface area contributed by atoms with Crippen LogP contribution in [0.25, 0.3) is 0 Å². The largest absolute Gasteiger partial charge is 0.341 e. The molecule has 1 fully saturated rings. The Morgan fingerprint density at radius 3 is 2.41 bits per heavy atom. The average Bonchev–Trinajstić information content (AvgIpc) is 3.20. The lowest BCUT2D eigenvalue weighted by molar-refractivity contribution is -0.135. The monoisotopic (exact) mass is 372 g/mol. The van der Waals surface area contributed by atoms with Crippen molar-refractivity contribution in [1.29, 1.82) is 0 Å². The number of aromatic amines is 1. The van der Waals surface area contributed by atoms with E-state index < -0.39 is 11.9 Å². The highest BCUT2D eigenvalue weighted by molar-refractivity contribution is 5.97. The number of piperidine rings is 1. The predicted octanol–water partition coefficient (Wildman–Crippen LogP) is 2.71. The number of nitrogens with one attached hydrogen (secondary N) is 2. The number of nitrogens with zero attached hydrogens (tertiary/aromatic N) is 2. The molecule has 0 saturated carbocycles. The number of hydrogen-bond donors (Lipinski definition) is 2. The predicted molar refractivity (Wildman–Crippen MR) is 99.6 cm³/mol. The Balaban J connectivity index is 1.62. The molecule has 1 saturated heterocycles. The zero-order valence-electron chi connectivity index (χ0n) is 15.6. The molecule has 2 N–H and O–H groups in total. The first-order valence-electron chi connectivity index (χ1n) is 9.30. The van der Waals surface area contributed by atoms with Gasteiger partial charge in [-0.05, 0) is 49.1 Å². The first-order valence-corrected chi connectivity index (χ1v) is 9.30. The Morgan fingerprint density at radius 1 is 1.19 bits per heavy atom. The molecule has 1 aromatic carbocycles. The molecule has 1 atom stereocenters. The third-order valence-electron chi connectivity index (χ3n) is 5.09. The van der Waals surface area contributed by atoms with Crippen molar-refractivity contribution >= 4 is 11.8 Å². The topological polar surface area (TPSA) is 78.1 Å². The third-order valence-corrected chi connectivity index (χ3v) is 5.09. The van der Waals surface area contributed by atoms with E-state index in [1.165, 1.54) is 24.3 Å². The lowest BCUT2D eigenvalue weighted by atomic mass is 9.92. The van der Waals surface area contributed by atoms with Crippen molar-refractivity contribution in [3.8, 4) is 0 Å². The molecule has 1 aliphatic heterocycles. The number of amides is 2. The van der Waals surface area contributed by atoms with Crippen molar-refractivity contribution in [3.05, 3.63) is 53.6 Å². The van der Waals surface area contributed by atoms with Gasteiger partial charge in [0.25, 0.3) is 5.91 Å². The summed E-state index contributed by atoms with van der Waals surface area (Å²) in [5, 5.41) is 9.82. The van der Waals surface area contributed by atoms with Gasteiger partial charge < -0.3 is 10.2 Å². The molecule has 1 aliphatic rings. The van der Waals surface area contributed by atoms with Gasteiger partial charge in [0.2, 0.25) is 5.91 Å². The molecule has 1 unspecified atom stereocenters. The zero-order chi connectivity index (χ0) is 19.4. The summed E-state index contributed by atoms with van der Waals surface area (Å²) in [7, 11) is 0. The van der Waals surface area contributed by atoms with E-state index in [0.717, 1.165) is 18.5 Å². The fraction of sp³-hybridized carbons (Fsp3) is 0.450. The smallest absolute Gasteiger partial charge is 0.251 e. The summed E-state index contributed by atoms with van der Waals surface area (Å²) < 4.78 is 13.0. The average molecular weight is 372 g/mol. The maximum absolute atomic E-state index is 13.0. The SMILES string of the molecule is CC(C)C(NC(=O)c1ccc(F)cc1)C(=O)N1CCC(c2ccn[nH]2)CC1. The van der Waals surface area contributed by atoms with E-state index in [1.807, 2.05) is 24.8 Å². The minimum atomic E-state index is -0.605. The van der Waals surface area contributed by atoms with Crippen molar-refractivity contribution < 1.29 is 14.0 Å². The van der Waals surface area contributed by atoms with Crippen molar-refractivity contribution in [3.63, 3.8) is 0 Å². The Morgan fingerprint density at radius 2 is 1.85 bits per heavy atom. The van der Waals surface area contributed by atoms with Crippen LogP contribution < -0.4 is 5.32 Å². The number of rotatable bonds is 5. The van der Waals surface area contributed by atoms with E-state index in [9.17, 15) is 14.0 Å². The first-order chi connectivity index (χ1) is 13.0. The Bertz CT molecular complexity index is 766. The molecule has 0 bridgehead atoms. The molecule has 0 radical (unpaired) electrons. The van der Waals surface area contributed by atoms with Crippen LogP contribution in [-0.2, 0) is 4.79 Å². The van der Waals surface area contributed by atoms with E-state index in [4.69, 9.17) is 0 Å². The molecule has 0 aliphatic carbocycles. The molecular weight excluding hydrogens is 347 g/mol.